The highest BCUT2D eigenvalue weighted by Gasteiger charge is 2.40. The monoisotopic (exact) mass is 755 g/mol. The fourth-order valence-corrected chi connectivity index (χ4v) is 13.5. The van der Waals surface area contributed by atoms with Gasteiger partial charge < -0.3 is 4.57 Å². The van der Waals surface area contributed by atoms with Gasteiger partial charge in [0.25, 0.3) is 0 Å². The van der Waals surface area contributed by atoms with E-state index >= 15 is 0 Å². The summed E-state index contributed by atoms with van der Waals surface area (Å²) in [6.07, 6.45) is 0. The Hall–Kier alpha value is -7.14. The number of aromatic nitrogens is 3. The first kappa shape index (κ1) is 33.0. The molecule has 0 amide bonds. The van der Waals surface area contributed by atoms with E-state index in [1.807, 2.05) is 0 Å². The van der Waals surface area contributed by atoms with Crippen LogP contribution in [0.15, 0.2) is 188 Å². The maximum Gasteiger partial charge on any atom is 0.161 e. The lowest BCUT2D eigenvalue weighted by molar-refractivity contribution is 1.17. The van der Waals surface area contributed by atoms with Crippen molar-refractivity contribution in [3.05, 3.63) is 188 Å². The van der Waals surface area contributed by atoms with Gasteiger partial charge in [-0.25, -0.2) is 9.97 Å². The van der Waals surface area contributed by atoms with E-state index in [1.165, 1.54) is 70.1 Å². The molecule has 0 aliphatic carbocycles. The van der Waals surface area contributed by atoms with Crippen LogP contribution in [0.2, 0.25) is 13.1 Å². The summed E-state index contributed by atoms with van der Waals surface area (Å²) in [6.45, 7) is 5.06. The zero-order valence-electron chi connectivity index (χ0n) is 32.2. The highest BCUT2D eigenvalue weighted by atomic mass is 28.3. The third-order valence-corrected chi connectivity index (χ3v) is 16.1. The lowest BCUT2D eigenvalue weighted by atomic mass is 9.93. The predicted octanol–water partition coefficient (Wildman–Crippen LogP) is 12.8. The Morgan fingerprint density at radius 3 is 1.90 bits per heavy atom. The molecule has 0 atom stereocenters. The lowest BCUT2D eigenvalue weighted by Gasteiger charge is -2.22. The molecule has 0 bridgehead atoms. The molecule has 4 heteroatoms. The first-order chi connectivity index (χ1) is 28.5. The lowest BCUT2D eigenvalue weighted by Crippen LogP contribution is -2.49. The number of para-hydroxylation sites is 2. The standard InChI is InChI=1S/C54H37N3Si/c1-58(2)50-28-16-14-25-40(50)42-30-29-41-45(32-49-51(52(41)53(42)58)43-26-13-15-27-48(43)57(49)36-20-7-4-8-21-36)54-55-46(34-17-5-3-6-18-34)33-47(56-54)44-31-35-19-9-10-22-37(35)38-23-11-12-24-39(38)44/h3-33H,1-2H3. The van der Waals surface area contributed by atoms with Crippen LogP contribution in [-0.4, -0.2) is 22.6 Å². The van der Waals surface area contributed by atoms with Crippen LogP contribution in [0, 0.1) is 0 Å². The van der Waals surface area contributed by atoms with E-state index in [0.717, 1.165) is 45.1 Å². The molecule has 2 aromatic heterocycles. The fourth-order valence-electron chi connectivity index (χ4n) is 10.0. The van der Waals surface area contributed by atoms with E-state index in [1.54, 1.807) is 0 Å². The topological polar surface area (TPSA) is 30.7 Å². The van der Waals surface area contributed by atoms with Crippen molar-refractivity contribution in [2.45, 2.75) is 13.1 Å². The molecule has 0 unspecified atom stereocenters. The number of rotatable bonds is 4. The van der Waals surface area contributed by atoms with Gasteiger partial charge in [-0.3, -0.25) is 0 Å². The Balaban J connectivity index is 1.25. The summed E-state index contributed by atoms with van der Waals surface area (Å²) < 4.78 is 2.45. The summed E-state index contributed by atoms with van der Waals surface area (Å²) in [5.41, 5.74) is 11.2. The van der Waals surface area contributed by atoms with Crippen LogP contribution in [0.4, 0.5) is 0 Å². The second-order valence-electron chi connectivity index (χ2n) is 16.1. The van der Waals surface area contributed by atoms with Gasteiger partial charge in [0.05, 0.1) is 22.4 Å². The Bertz CT molecular complexity index is 3470. The van der Waals surface area contributed by atoms with Gasteiger partial charge in [-0.05, 0) is 90.2 Å². The molecule has 0 saturated carbocycles. The average Bonchev–Trinajstić information content (AvgIpc) is 3.74. The number of fused-ring (bicyclic) bond motifs is 12. The SMILES string of the molecule is C[Si]1(C)c2ccccc2-c2ccc3c(-c4nc(-c5ccccc5)cc(-c5cc6ccccc6c6ccccc56)n4)cc4c(c5ccccc5n4-c4ccccc4)c3c21. The molecule has 0 fully saturated rings. The number of hydrogen-bond acceptors (Lipinski definition) is 2. The van der Waals surface area contributed by atoms with E-state index in [2.05, 4.69) is 206 Å². The van der Waals surface area contributed by atoms with E-state index in [9.17, 15) is 0 Å². The molecule has 0 spiro atoms. The van der Waals surface area contributed by atoms with Crippen LogP contribution in [0.5, 0.6) is 0 Å². The van der Waals surface area contributed by atoms with Gasteiger partial charge >= 0.3 is 0 Å². The molecule has 11 aromatic rings. The van der Waals surface area contributed by atoms with Crippen LogP contribution < -0.4 is 10.4 Å². The summed E-state index contributed by atoms with van der Waals surface area (Å²) in [6, 6.07) is 68.4. The average molecular weight is 756 g/mol. The first-order valence-corrected chi connectivity index (χ1v) is 23.1. The van der Waals surface area contributed by atoms with Crippen molar-refractivity contribution in [1.82, 2.24) is 14.5 Å². The van der Waals surface area contributed by atoms with Gasteiger partial charge in [-0.15, -0.1) is 0 Å². The van der Waals surface area contributed by atoms with Crippen LogP contribution in [0.25, 0.3) is 105 Å². The highest BCUT2D eigenvalue weighted by molar-refractivity contribution is 7.05. The Morgan fingerprint density at radius 1 is 0.414 bits per heavy atom. The quantitative estimate of drug-likeness (QED) is 0.132. The van der Waals surface area contributed by atoms with Gasteiger partial charge in [0, 0.05) is 33.2 Å². The molecule has 1 aliphatic heterocycles. The van der Waals surface area contributed by atoms with Crippen LogP contribution in [-0.2, 0) is 0 Å². The summed E-state index contributed by atoms with van der Waals surface area (Å²) in [5, 5.41) is 12.9. The second kappa shape index (κ2) is 12.4. The highest BCUT2D eigenvalue weighted by Crippen LogP contribution is 2.45. The van der Waals surface area contributed by atoms with E-state index in [4.69, 9.17) is 9.97 Å². The molecule has 58 heavy (non-hydrogen) atoms. The second-order valence-corrected chi connectivity index (χ2v) is 20.4. The fraction of sp³-hybridized carbons (Fsp3) is 0.0370. The van der Waals surface area contributed by atoms with Crippen molar-refractivity contribution < 1.29 is 0 Å². The first-order valence-electron chi connectivity index (χ1n) is 20.1. The van der Waals surface area contributed by atoms with Crippen LogP contribution >= 0.6 is 0 Å². The molecular weight excluding hydrogens is 719 g/mol. The van der Waals surface area contributed by atoms with Crippen LogP contribution in [0.1, 0.15) is 0 Å². The smallest absolute Gasteiger partial charge is 0.161 e. The number of nitrogens with zero attached hydrogens (tertiary/aromatic N) is 3. The molecule has 0 radical (unpaired) electrons. The van der Waals surface area contributed by atoms with Crippen molar-refractivity contribution in [1.29, 1.82) is 0 Å². The van der Waals surface area contributed by atoms with E-state index in [0.29, 0.717) is 0 Å². The minimum atomic E-state index is -2.18. The molecule has 1 aliphatic rings. The van der Waals surface area contributed by atoms with Crippen LogP contribution in [0.3, 0.4) is 0 Å². The van der Waals surface area contributed by atoms with Gasteiger partial charge in [-0.2, -0.15) is 0 Å². The number of hydrogen-bond donors (Lipinski definition) is 0. The third-order valence-electron chi connectivity index (χ3n) is 12.5. The zero-order chi connectivity index (χ0) is 38.5. The third kappa shape index (κ3) is 4.73. The maximum absolute atomic E-state index is 5.63. The van der Waals surface area contributed by atoms with Crippen molar-refractivity contribution in [3.8, 4) is 50.7 Å². The predicted molar refractivity (Wildman–Crippen MR) is 247 cm³/mol. The molecule has 3 heterocycles. The molecular formula is C54H37N3Si. The van der Waals surface area contributed by atoms with Crippen molar-refractivity contribution in [2.24, 2.45) is 0 Å². The van der Waals surface area contributed by atoms with E-state index in [-0.39, 0.29) is 0 Å². The van der Waals surface area contributed by atoms with E-state index < -0.39 is 8.07 Å². The molecule has 9 aromatic carbocycles. The van der Waals surface area contributed by atoms with Crippen molar-refractivity contribution in [2.75, 3.05) is 0 Å². The van der Waals surface area contributed by atoms with Crippen molar-refractivity contribution >= 4 is 72.6 Å². The maximum atomic E-state index is 5.63. The minimum Gasteiger partial charge on any atom is -0.309 e. The Labute approximate surface area is 337 Å². The van der Waals surface area contributed by atoms with Gasteiger partial charge in [-0.1, -0.05) is 165 Å². The Morgan fingerprint density at radius 2 is 1.07 bits per heavy atom. The molecule has 0 N–H and O–H groups in total. The number of benzene rings is 9. The molecule has 272 valence electrons. The summed E-state index contributed by atoms with van der Waals surface area (Å²) in [5.74, 6) is 0.722. The summed E-state index contributed by atoms with van der Waals surface area (Å²) >= 11 is 0. The minimum absolute atomic E-state index is 0.722. The van der Waals surface area contributed by atoms with Gasteiger partial charge in [0.1, 0.15) is 8.07 Å². The summed E-state index contributed by atoms with van der Waals surface area (Å²) in [4.78, 5) is 11.1. The summed E-state index contributed by atoms with van der Waals surface area (Å²) in [7, 11) is -2.18. The zero-order valence-corrected chi connectivity index (χ0v) is 33.2. The normalized spacial score (nSPS) is 13.1. The molecule has 12 rings (SSSR count). The molecule has 0 saturated heterocycles. The Kier molecular flexibility index (Phi) is 7.08. The molecule has 3 nitrogen and oxygen atoms in total. The largest absolute Gasteiger partial charge is 0.309 e. The van der Waals surface area contributed by atoms with Gasteiger partial charge in [0.15, 0.2) is 5.82 Å². The van der Waals surface area contributed by atoms with Gasteiger partial charge in [0.2, 0.25) is 0 Å². The van der Waals surface area contributed by atoms with Crippen molar-refractivity contribution in [3.63, 3.8) is 0 Å².